The molecule has 206 valence electrons. The maximum atomic E-state index is 12.3. The summed E-state index contributed by atoms with van der Waals surface area (Å²) in [4.78, 5) is 38.9. The van der Waals surface area contributed by atoms with Gasteiger partial charge in [0.2, 0.25) is 17.9 Å². The summed E-state index contributed by atoms with van der Waals surface area (Å²) in [6.07, 6.45) is 12.3. The summed E-state index contributed by atoms with van der Waals surface area (Å²) in [6.45, 7) is 5.85. The molecule has 39 heavy (non-hydrogen) atoms. The molecule has 0 saturated carbocycles. The topological polar surface area (TPSA) is 122 Å². The van der Waals surface area contributed by atoms with Gasteiger partial charge in [-0.25, -0.2) is 9.97 Å². The summed E-state index contributed by atoms with van der Waals surface area (Å²) in [5, 5.41) is 12.2. The summed E-state index contributed by atoms with van der Waals surface area (Å²) in [5.41, 5.74) is 2.95. The Morgan fingerprint density at radius 3 is 2.44 bits per heavy atom. The van der Waals surface area contributed by atoms with Crippen molar-refractivity contribution in [3.63, 3.8) is 0 Å². The summed E-state index contributed by atoms with van der Waals surface area (Å²) in [6, 6.07) is 15.1. The Balaban J connectivity index is 0.000000998. The van der Waals surface area contributed by atoms with Crippen LogP contribution < -0.4 is 21.2 Å². The third kappa shape index (κ3) is 10.4. The van der Waals surface area contributed by atoms with E-state index in [-0.39, 0.29) is 5.56 Å². The number of carbonyl (C=O) groups excluding carboxylic acids is 1. The summed E-state index contributed by atoms with van der Waals surface area (Å²) in [7, 11) is 3.75. The molecule has 0 atom stereocenters. The molecule has 11 nitrogen and oxygen atoms in total. The van der Waals surface area contributed by atoms with Crippen molar-refractivity contribution in [3.05, 3.63) is 76.5 Å². The maximum Gasteiger partial charge on any atom is 0.250 e. The first-order valence-electron chi connectivity index (χ1n) is 12.5. The average Bonchev–Trinajstić information content (AvgIpc) is 2.95. The van der Waals surface area contributed by atoms with Gasteiger partial charge in [0.1, 0.15) is 0 Å². The normalized spacial score (nSPS) is 13.0. The quantitative estimate of drug-likeness (QED) is 0.166. The number of piperazine rings is 1. The van der Waals surface area contributed by atoms with Crippen LogP contribution in [0.15, 0.2) is 64.6 Å². The second-order valence-corrected chi connectivity index (χ2v) is 8.44. The number of terminal acetylenes is 1. The highest BCUT2D eigenvalue weighted by atomic mass is 16.1. The second kappa shape index (κ2) is 17.1. The van der Waals surface area contributed by atoms with Crippen LogP contribution in [0, 0.1) is 12.8 Å². The Hall–Kier alpha value is -4.53. The van der Waals surface area contributed by atoms with Crippen LogP contribution in [0.4, 0.5) is 17.3 Å². The summed E-state index contributed by atoms with van der Waals surface area (Å²) >= 11 is 0. The van der Waals surface area contributed by atoms with Gasteiger partial charge in [0, 0.05) is 62.6 Å². The van der Waals surface area contributed by atoms with Gasteiger partial charge in [-0.3, -0.25) is 19.5 Å². The van der Waals surface area contributed by atoms with Gasteiger partial charge in [0.05, 0.1) is 17.9 Å². The molecule has 1 fully saturated rings. The molecule has 1 aromatic carbocycles. The van der Waals surface area contributed by atoms with Crippen molar-refractivity contribution < 1.29 is 4.79 Å². The number of H-pyrrole nitrogens is 1. The van der Waals surface area contributed by atoms with Gasteiger partial charge in [-0.2, -0.15) is 5.10 Å². The molecule has 3 aromatic rings. The highest BCUT2D eigenvalue weighted by Gasteiger charge is 2.16. The van der Waals surface area contributed by atoms with Gasteiger partial charge in [0.15, 0.2) is 0 Å². The fourth-order valence-electron chi connectivity index (χ4n) is 3.79. The number of amides is 1. The molecule has 0 radical (unpaired) electrons. The molecule has 0 bridgehead atoms. The maximum absolute atomic E-state index is 12.3. The van der Waals surface area contributed by atoms with Gasteiger partial charge in [-0.15, -0.1) is 12.8 Å². The Kier molecular flexibility index (Phi) is 13.4. The third-order valence-electron chi connectivity index (χ3n) is 5.44. The van der Waals surface area contributed by atoms with Crippen LogP contribution in [-0.4, -0.2) is 77.7 Å². The van der Waals surface area contributed by atoms with Gasteiger partial charge < -0.3 is 20.5 Å². The monoisotopic (exact) mass is 531 g/mol. The molecule has 11 heteroatoms. The lowest BCUT2D eigenvalue weighted by atomic mass is 10.2. The van der Waals surface area contributed by atoms with E-state index in [1.54, 1.807) is 17.3 Å². The first-order chi connectivity index (χ1) is 19.0. The standard InChI is InChI=1S/C24H28N8O2.C2H7N.C2H2/c1-2-26-32(22-6-4-3-5-7-22)17-19-8-9-25-24(28-19)29-20-14-21(27-23(34)15-20)16-30-10-12-31(18-33)13-11-30;1-3-2;1-2/h2-9,14-15,18H,10-13,16-17H2,1H3,(H2,25,27,28,29,34);3H,1-2H3;1-2H/b26-2-;;. The Bertz CT molecular complexity index is 1240. The second-order valence-electron chi connectivity index (χ2n) is 8.44. The van der Waals surface area contributed by atoms with E-state index in [1.165, 1.54) is 6.07 Å². The smallest absolute Gasteiger partial charge is 0.250 e. The van der Waals surface area contributed by atoms with Crippen LogP contribution in [0.2, 0.25) is 0 Å². The number of pyridine rings is 1. The van der Waals surface area contributed by atoms with Crippen LogP contribution in [0.25, 0.3) is 0 Å². The van der Waals surface area contributed by atoms with Crippen molar-refractivity contribution in [3.8, 4) is 12.8 Å². The summed E-state index contributed by atoms with van der Waals surface area (Å²) < 4.78 is 0. The Morgan fingerprint density at radius 1 is 1.10 bits per heavy atom. The molecule has 0 aliphatic carbocycles. The van der Waals surface area contributed by atoms with E-state index in [4.69, 9.17) is 0 Å². The number of rotatable bonds is 9. The van der Waals surface area contributed by atoms with Crippen molar-refractivity contribution in [2.45, 2.75) is 20.0 Å². The fourth-order valence-corrected chi connectivity index (χ4v) is 3.79. The zero-order valence-corrected chi connectivity index (χ0v) is 22.7. The van der Waals surface area contributed by atoms with Crippen molar-refractivity contribution in [1.82, 2.24) is 30.1 Å². The number of hydrogen-bond donors (Lipinski definition) is 3. The van der Waals surface area contributed by atoms with Gasteiger partial charge in [-0.05, 0) is 45.3 Å². The molecule has 1 aliphatic heterocycles. The van der Waals surface area contributed by atoms with Crippen LogP contribution in [0.5, 0.6) is 0 Å². The zero-order valence-electron chi connectivity index (χ0n) is 22.7. The molecule has 0 spiro atoms. The van der Waals surface area contributed by atoms with Gasteiger partial charge in [0.25, 0.3) is 0 Å². The molecule has 3 heterocycles. The minimum Gasteiger partial charge on any atom is -0.343 e. The van der Waals surface area contributed by atoms with E-state index in [0.717, 1.165) is 36.6 Å². The van der Waals surface area contributed by atoms with E-state index in [0.29, 0.717) is 37.8 Å². The highest BCUT2D eigenvalue weighted by molar-refractivity contribution is 5.58. The first kappa shape index (κ1) is 30.7. The predicted octanol–water partition coefficient (Wildman–Crippen LogP) is 2.28. The molecule has 1 saturated heterocycles. The van der Waals surface area contributed by atoms with Crippen molar-refractivity contribution in [2.24, 2.45) is 5.10 Å². The zero-order chi connectivity index (χ0) is 28.5. The minimum atomic E-state index is -0.199. The first-order valence-corrected chi connectivity index (χ1v) is 12.5. The van der Waals surface area contributed by atoms with E-state index in [1.807, 2.05) is 68.5 Å². The van der Waals surface area contributed by atoms with E-state index in [9.17, 15) is 9.59 Å². The number of nitrogens with one attached hydrogen (secondary N) is 3. The third-order valence-corrected chi connectivity index (χ3v) is 5.44. The van der Waals surface area contributed by atoms with E-state index < -0.39 is 0 Å². The lowest BCUT2D eigenvalue weighted by molar-refractivity contribution is -0.119. The number of hydrazone groups is 1. The molecular weight excluding hydrogens is 494 g/mol. The van der Waals surface area contributed by atoms with Gasteiger partial charge in [-0.1, -0.05) is 18.2 Å². The molecule has 2 aromatic heterocycles. The predicted molar refractivity (Wildman–Crippen MR) is 157 cm³/mol. The SMILES string of the molecule is C#C.C/C=N\N(Cc1ccnc(Nc2cc(CN3CCN(C=O)CC3)[nH]c(=O)c2)n1)c1ccccc1.CNC. The van der Waals surface area contributed by atoms with E-state index >= 15 is 0 Å². The van der Waals surface area contributed by atoms with Crippen molar-refractivity contribution in [1.29, 1.82) is 0 Å². The van der Waals surface area contributed by atoms with Gasteiger partial charge >= 0.3 is 0 Å². The molecular formula is C28H37N9O2. The Morgan fingerprint density at radius 2 is 1.79 bits per heavy atom. The van der Waals surface area contributed by atoms with Crippen molar-refractivity contribution in [2.75, 3.05) is 50.6 Å². The van der Waals surface area contributed by atoms with E-state index in [2.05, 4.69) is 48.4 Å². The molecule has 1 aliphatic rings. The summed E-state index contributed by atoms with van der Waals surface area (Å²) in [5.74, 6) is 0.405. The van der Waals surface area contributed by atoms with Crippen molar-refractivity contribution >= 4 is 29.9 Å². The lowest BCUT2D eigenvalue weighted by Crippen LogP contribution is -2.45. The van der Waals surface area contributed by atoms with Crippen LogP contribution >= 0.6 is 0 Å². The number of anilines is 3. The van der Waals surface area contributed by atoms with Crippen LogP contribution in [0.3, 0.4) is 0 Å². The highest BCUT2D eigenvalue weighted by Crippen LogP contribution is 2.18. The molecule has 1 amide bonds. The number of carbonyl (C=O) groups is 1. The number of para-hydroxylation sites is 1. The number of aromatic amines is 1. The molecule has 4 rings (SSSR count). The Labute approximate surface area is 230 Å². The molecule has 0 unspecified atom stereocenters. The van der Waals surface area contributed by atoms with Crippen LogP contribution in [0.1, 0.15) is 18.3 Å². The number of nitrogens with zero attached hydrogens (tertiary/aromatic N) is 6. The van der Waals surface area contributed by atoms with Crippen LogP contribution in [-0.2, 0) is 17.9 Å². The minimum absolute atomic E-state index is 0.199. The average molecular weight is 532 g/mol. The number of hydrogen-bond acceptors (Lipinski definition) is 9. The largest absolute Gasteiger partial charge is 0.343 e. The number of benzene rings is 1. The fraction of sp³-hybridized carbons (Fsp3) is 0.321. The lowest BCUT2D eigenvalue weighted by Gasteiger charge is -2.32. The number of aromatic nitrogens is 3. The molecule has 3 N–H and O–H groups in total.